The van der Waals surface area contributed by atoms with E-state index in [1.54, 1.807) is 0 Å². The van der Waals surface area contributed by atoms with Crippen LogP contribution in [-0.2, 0) is 0 Å². The van der Waals surface area contributed by atoms with Gasteiger partial charge in [-0.05, 0) is 19.3 Å². The van der Waals surface area contributed by atoms with Crippen LogP contribution in [0.2, 0.25) is 0 Å². The third-order valence-corrected chi connectivity index (χ3v) is 3.59. The molecule has 0 unspecified atom stereocenters. The predicted molar refractivity (Wildman–Crippen MR) is 73.5 cm³/mol. The van der Waals surface area contributed by atoms with Gasteiger partial charge in [0.15, 0.2) is 11.5 Å². The average Bonchev–Trinajstić information content (AvgIpc) is 2.41. The Kier molecular flexibility index (Phi) is 3.99. The minimum absolute atomic E-state index is 0.106. The lowest BCUT2D eigenvalue weighted by Gasteiger charge is -2.36. The van der Waals surface area contributed by atoms with Crippen molar-refractivity contribution in [2.75, 3.05) is 26.1 Å². The van der Waals surface area contributed by atoms with Gasteiger partial charge in [0.05, 0.1) is 30.8 Å². The second-order valence-corrected chi connectivity index (χ2v) is 4.91. The summed E-state index contributed by atoms with van der Waals surface area (Å²) < 4.78 is 10.2. The number of rotatable bonds is 6. The molecule has 1 aliphatic carbocycles. The van der Waals surface area contributed by atoms with E-state index in [4.69, 9.17) is 9.47 Å². The maximum Gasteiger partial charge on any atom is 0.296 e. The maximum atomic E-state index is 11.1. The second kappa shape index (κ2) is 5.54. The SMILES string of the molecule is COc1cc(NCC2(O)CCC2)c([N+](=O)[O-])cc1OC. The largest absolute Gasteiger partial charge is 0.493 e. The molecule has 2 N–H and O–H groups in total. The number of nitrogens with one attached hydrogen (secondary N) is 1. The Hall–Kier alpha value is -2.02. The molecule has 1 saturated carbocycles. The summed E-state index contributed by atoms with van der Waals surface area (Å²) in [5.74, 6) is 0.702. The van der Waals surface area contributed by atoms with Crippen molar-refractivity contribution in [2.45, 2.75) is 24.9 Å². The molecule has 1 aromatic carbocycles. The van der Waals surface area contributed by atoms with Crippen LogP contribution in [0.4, 0.5) is 11.4 Å². The molecule has 0 atom stereocenters. The minimum Gasteiger partial charge on any atom is -0.493 e. The third kappa shape index (κ3) is 2.77. The fourth-order valence-electron chi connectivity index (χ4n) is 2.18. The zero-order valence-electron chi connectivity index (χ0n) is 11.5. The lowest BCUT2D eigenvalue weighted by Crippen LogP contribution is -2.43. The molecular weight excluding hydrogens is 264 g/mol. The molecule has 0 aliphatic heterocycles. The van der Waals surface area contributed by atoms with Gasteiger partial charge in [-0.15, -0.1) is 0 Å². The van der Waals surface area contributed by atoms with E-state index in [-0.39, 0.29) is 12.2 Å². The fourth-order valence-corrected chi connectivity index (χ4v) is 2.18. The highest BCUT2D eigenvalue weighted by Crippen LogP contribution is 2.39. The number of nitro groups is 1. The van der Waals surface area contributed by atoms with E-state index in [9.17, 15) is 15.2 Å². The molecule has 7 nitrogen and oxygen atoms in total. The van der Waals surface area contributed by atoms with Crippen LogP contribution in [-0.4, -0.2) is 36.4 Å². The molecule has 20 heavy (non-hydrogen) atoms. The van der Waals surface area contributed by atoms with E-state index in [0.717, 1.165) is 6.42 Å². The highest BCUT2D eigenvalue weighted by molar-refractivity contribution is 5.68. The summed E-state index contributed by atoms with van der Waals surface area (Å²) in [6.07, 6.45) is 2.40. The Balaban J connectivity index is 2.26. The van der Waals surface area contributed by atoms with E-state index in [1.807, 2.05) is 0 Å². The van der Waals surface area contributed by atoms with Crippen molar-refractivity contribution in [3.63, 3.8) is 0 Å². The first-order chi connectivity index (χ1) is 9.49. The first-order valence-corrected chi connectivity index (χ1v) is 6.36. The van der Waals surface area contributed by atoms with Crippen LogP contribution in [0.25, 0.3) is 0 Å². The first kappa shape index (κ1) is 14.4. The van der Waals surface area contributed by atoms with Crippen LogP contribution in [0, 0.1) is 10.1 Å². The number of nitro benzene ring substituents is 1. The molecule has 0 bridgehead atoms. The van der Waals surface area contributed by atoms with Gasteiger partial charge in [-0.3, -0.25) is 10.1 Å². The van der Waals surface area contributed by atoms with Crippen molar-refractivity contribution in [3.05, 3.63) is 22.2 Å². The average molecular weight is 282 g/mol. The van der Waals surface area contributed by atoms with Gasteiger partial charge in [0.1, 0.15) is 5.69 Å². The molecule has 0 radical (unpaired) electrons. The van der Waals surface area contributed by atoms with Gasteiger partial charge in [-0.25, -0.2) is 0 Å². The van der Waals surface area contributed by atoms with Crippen molar-refractivity contribution < 1.29 is 19.5 Å². The summed E-state index contributed by atoms with van der Waals surface area (Å²) in [5, 5.41) is 24.1. The summed E-state index contributed by atoms with van der Waals surface area (Å²) in [5.41, 5.74) is -0.556. The van der Waals surface area contributed by atoms with E-state index in [1.165, 1.54) is 26.4 Å². The molecule has 0 heterocycles. The summed E-state index contributed by atoms with van der Waals surface area (Å²) in [7, 11) is 2.89. The van der Waals surface area contributed by atoms with Gasteiger partial charge in [0.2, 0.25) is 0 Å². The molecule has 0 amide bonds. The van der Waals surface area contributed by atoms with Crippen LogP contribution in [0.1, 0.15) is 19.3 Å². The lowest BCUT2D eigenvalue weighted by atomic mass is 9.80. The van der Waals surface area contributed by atoms with E-state index < -0.39 is 10.5 Å². The zero-order chi connectivity index (χ0) is 14.8. The van der Waals surface area contributed by atoms with Gasteiger partial charge < -0.3 is 19.9 Å². The molecule has 1 aromatic rings. The molecule has 0 saturated heterocycles. The number of methoxy groups -OCH3 is 2. The number of ether oxygens (including phenoxy) is 2. The topological polar surface area (TPSA) is 93.9 Å². The first-order valence-electron chi connectivity index (χ1n) is 6.36. The van der Waals surface area contributed by atoms with Crippen LogP contribution >= 0.6 is 0 Å². The van der Waals surface area contributed by atoms with E-state index in [0.29, 0.717) is 30.0 Å². The fraction of sp³-hybridized carbons (Fsp3) is 0.538. The minimum atomic E-state index is -0.763. The summed E-state index contributed by atoms with van der Waals surface area (Å²) in [6.45, 7) is 0.281. The Labute approximate surface area is 116 Å². The summed E-state index contributed by atoms with van der Waals surface area (Å²) in [4.78, 5) is 10.6. The molecule has 110 valence electrons. The smallest absolute Gasteiger partial charge is 0.296 e. The Morgan fingerprint density at radius 3 is 2.40 bits per heavy atom. The van der Waals surface area contributed by atoms with Crippen LogP contribution < -0.4 is 14.8 Å². The second-order valence-electron chi connectivity index (χ2n) is 4.91. The number of benzene rings is 1. The highest BCUT2D eigenvalue weighted by atomic mass is 16.6. The van der Waals surface area contributed by atoms with Gasteiger partial charge in [-0.2, -0.15) is 0 Å². The van der Waals surface area contributed by atoms with Gasteiger partial charge in [0.25, 0.3) is 5.69 Å². The van der Waals surface area contributed by atoms with E-state index >= 15 is 0 Å². The highest BCUT2D eigenvalue weighted by Gasteiger charge is 2.34. The van der Waals surface area contributed by atoms with Crippen molar-refractivity contribution in [2.24, 2.45) is 0 Å². The number of hydrogen-bond acceptors (Lipinski definition) is 6. The Bertz CT molecular complexity index is 514. The Morgan fingerprint density at radius 2 is 1.95 bits per heavy atom. The monoisotopic (exact) mass is 282 g/mol. The molecule has 0 aromatic heterocycles. The van der Waals surface area contributed by atoms with Gasteiger partial charge in [0, 0.05) is 12.6 Å². The van der Waals surface area contributed by atoms with Gasteiger partial charge in [-0.1, -0.05) is 0 Å². The third-order valence-electron chi connectivity index (χ3n) is 3.59. The van der Waals surface area contributed by atoms with Crippen LogP contribution in [0.3, 0.4) is 0 Å². The van der Waals surface area contributed by atoms with E-state index in [2.05, 4.69) is 5.32 Å². The van der Waals surface area contributed by atoms with Gasteiger partial charge >= 0.3 is 0 Å². The quantitative estimate of drug-likeness (QED) is 0.611. The standard InChI is InChI=1S/C13H18N2O5/c1-19-11-6-9(14-8-13(16)4-3-5-13)10(15(17)18)7-12(11)20-2/h6-7,14,16H,3-5,8H2,1-2H3. The zero-order valence-corrected chi connectivity index (χ0v) is 11.5. The maximum absolute atomic E-state index is 11.1. The Morgan fingerprint density at radius 1 is 1.35 bits per heavy atom. The van der Waals surface area contributed by atoms with Crippen LogP contribution in [0.5, 0.6) is 11.5 Å². The van der Waals surface area contributed by atoms with Crippen molar-refractivity contribution in [1.29, 1.82) is 0 Å². The number of anilines is 1. The summed E-state index contributed by atoms with van der Waals surface area (Å²) >= 11 is 0. The normalized spacial score (nSPS) is 16.1. The number of aliphatic hydroxyl groups is 1. The van der Waals surface area contributed by atoms with Crippen molar-refractivity contribution in [3.8, 4) is 11.5 Å². The lowest BCUT2D eigenvalue weighted by molar-refractivity contribution is -0.384. The van der Waals surface area contributed by atoms with Crippen LogP contribution in [0.15, 0.2) is 12.1 Å². The molecule has 0 spiro atoms. The molecule has 1 aliphatic rings. The molecule has 2 rings (SSSR count). The molecule has 1 fully saturated rings. The number of hydrogen-bond donors (Lipinski definition) is 2. The summed E-state index contributed by atoms with van der Waals surface area (Å²) in [6, 6.07) is 2.82. The number of nitrogens with zero attached hydrogens (tertiary/aromatic N) is 1. The van der Waals surface area contributed by atoms with Crippen molar-refractivity contribution in [1.82, 2.24) is 0 Å². The van der Waals surface area contributed by atoms with Crippen molar-refractivity contribution >= 4 is 11.4 Å². The molecular formula is C13H18N2O5. The predicted octanol–water partition coefficient (Wildman–Crippen LogP) is 1.94. The molecule has 7 heteroatoms.